The van der Waals surface area contributed by atoms with Crippen LogP contribution >= 0.6 is 12.6 Å². The minimum Gasteiger partial charge on any atom is -0.423 e. The van der Waals surface area contributed by atoms with Crippen LogP contribution in [0, 0.1) is 0 Å². The maximum atomic E-state index is 10.7. The van der Waals surface area contributed by atoms with Crippen LogP contribution in [0.4, 0.5) is 0 Å². The molecule has 62 valence electrons. The molecule has 0 aliphatic carbocycles. The summed E-state index contributed by atoms with van der Waals surface area (Å²) in [6, 6.07) is 6.83. The summed E-state index contributed by atoms with van der Waals surface area (Å²) in [5, 5.41) is 0. The lowest BCUT2D eigenvalue weighted by Gasteiger charge is -1.99. The highest BCUT2D eigenvalue weighted by molar-refractivity contribution is 7.80. The topological polar surface area (TPSA) is 26.3 Å². The zero-order valence-corrected chi connectivity index (χ0v) is 7.25. The first kappa shape index (κ1) is 8.87. The molecule has 12 heavy (non-hydrogen) atoms. The first-order valence-corrected chi connectivity index (χ1v) is 3.80. The number of thiol groups is 1. The molecule has 0 aromatic heterocycles. The van der Waals surface area contributed by atoms with Crippen LogP contribution in [0.2, 0.25) is 0 Å². The Balaban J connectivity index is 2.71. The molecule has 1 aromatic rings. The van der Waals surface area contributed by atoms with Crippen LogP contribution in [-0.2, 0) is 4.79 Å². The molecule has 0 aliphatic heterocycles. The number of hydrogen-bond donors (Lipinski definition) is 1. The van der Waals surface area contributed by atoms with Crippen molar-refractivity contribution < 1.29 is 9.53 Å². The standard InChI is InChI=1S/C9H8O2S/c1-2-9(10)11-7-3-5-8(12)6-4-7/h2-6,12H,1H2. The fourth-order valence-corrected chi connectivity index (χ4v) is 0.821. The Bertz CT molecular complexity index is 290. The summed E-state index contributed by atoms with van der Waals surface area (Å²) in [4.78, 5) is 11.5. The lowest BCUT2D eigenvalue weighted by atomic mass is 10.3. The average molecular weight is 180 g/mol. The van der Waals surface area contributed by atoms with Crippen molar-refractivity contribution >= 4 is 18.6 Å². The first-order chi connectivity index (χ1) is 5.72. The number of benzene rings is 1. The van der Waals surface area contributed by atoms with Crippen molar-refractivity contribution in [1.29, 1.82) is 0 Å². The van der Waals surface area contributed by atoms with Crippen molar-refractivity contribution in [2.24, 2.45) is 0 Å². The van der Waals surface area contributed by atoms with Crippen molar-refractivity contribution in [3.63, 3.8) is 0 Å². The van der Waals surface area contributed by atoms with Crippen LogP contribution in [0.15, 0.2) is 41.8 Å². The molecule has 1 aromatic carbocycles. The highest BCUT2D eigenvalue weighted by Gasteiger charge is 1.97. The van der Waals surface area contributed by atoms with Crippen LogP contribution < -0.4 is 4.74 Å². The van der Waals surface area contributed by atoms with Crippen molar-refractivity contribution in [2.75, 3.05) is 0 Å². The predicted octanol–water partition coefficient (Wildman–Crippen LogP) is 2.07. The van der Waals surface area contributed by atoms with E-state index < -0.39 is 5.97 Å². The van der Waals surface area contributed by atoms with Gasteiger partial charge in [0.25, 0.3) is 0 Å². The first-order valence-electron chi connectivity index (χ1n) is 3.35. The Morgan fingerprint density at radius 3 is 2.50 bits per heavy atom. The zero-order chi connectivity index (χ0) is 8.97. The van der Waals surface area contributed by atoms with E-state index in [9.17, 15) is 4.79 Å². The second kappa shape index (κ2) is 3.97. The molecule has 2 nitrogen and oxygen atoms in total. The molecule has 0 fully saturated rings. The van der Waals surface area contributed by atoms with E-state index in [-0.39, 0.29) is 0 Å². The minimum atomic E-state index is -0.457. The Morgan fingerprint density at radius 1 is 1.42 bits per heavy atom. The van der Waals surface area contributed by atoms with Crippen molar-refractivity contribution in [3.05, 3.63) is 36.9 Å². The van der Waals surface area contributed by atoms with Gasteiger partial charge in [-0.1, -0.05) is 6.58 Å². The summed E-state index contributed by atoms with van der Waals surface area (Å²) in [6.07, 6.45) is 1.12. The normalized spacial score (nSPS) is 9.08. The van der Waals surface area contributed by atoms with Crippen molar-refractivity contribution in [3.8, 4) is 5.75 Å². The van der Waals surface area contributed by atoms with Crippen LogP contribution in [0.3, 0.4) is 0 Å². The highest BCUT2D eigenvalue weighted by Crippen LogP contribution is 2.14. The molecule has 3 heteroatoms. The van der Waals surface area contributed by atoms with Crippen molar-refractivity contribution in [1.82, 2.24) is 0 Å². The number of carbonyl (C=O) groups is 1. The Morgan fingerprint density at radius 2 is 2.00 bits per heavy atom. The van der Waals surface area contributed by atoms with E-state index in [4.69, 9.17) is 4.74 Å². The Labute approximate surface area is 76.3 Å². The molecule has 0 heterocycles. The van der Waals surface area contributed by atoms with E-state index >= 15 is 0 Å². The Hall–Kier alpha value is -1.22. The van der Waals surface area contributed by atoms with Gasteiger partial charge in [-0.3, -0.25) is 0 Å². The summed E-state index contributed by atoms with van der Waals surface area (Å²) < 4.78 is 4.83. The monoisotopic (exact) mass is 180 g/mol. The minimum absolute atomic E-state index is 0.457. The fourth-order valence-electron chi connectivity index (χ4n) is 0.672. The molecular weight excluding hydrogens is 172 g/mol. The lowest BCUT2D eigenvalue weighted by molar-refractivity contribution is -0.128. The fraction of sp³-hybridized carbons (Fsp3) is 0. The SMILES string of the molecule is C=CC(=O)Oc1ccc(S)cc1. The molecule has 0 N–H and O–H groups in total. The van der Waals surface area contributed by atoms with E-state index in [2.05, 4.69) is 19.2 Å². The average Bonchev–Trinajstić information content (AvgIpc) is 2.09. The largest absolute Gasteiger partial charge is 0.423 e. The molecule has 1 rings (SSSR count). The molecule has 0 saturated carbocycles. The van der Waals surface area contributed by atoms with E-state index in [0.717, 1.165) is 11.0 Å². The third-order valence-corrected chi connectivity index (χ3v) is 1.52. The maximum absolute atomic E-state index is 10.7. The molecule has 0 atom stereocenters. The summed E-state index contributed by atoms with van der Waals surface area (Å²) in [6.45, 7) is 3.28. The van der Waals surface area contributed by atoms with Crippen LogP contribution in [-0.4, -0.2) is 5.97 Å². The summed E-state index contributed by atoms with van der Waals surface area (Å²) >= 11 is 4.08. The van der Waals surface area contributed by atoms with Gasteiger partial charge in [-0.15, -0.1) is 12.6 Å². The summed E-state index contributed by atoms with van der Waals surface area (Å²) in [5.41, 5.74) is 0. The van der Waals surface area contributed by atoms with E-state index in [1.807, 2.05) is 0 Å². The Kier molecular flexibility index (Phi) is 2.94. The summed E-state index contributed by atoms with van der Waals surface area (Å²) in [5.74, 6) is 0.0413. The van der Waals surface area contributed by atoms with Gasteiger partial charge in [-0.2, -0.15) is 0 Å². The van der Waals surface area contributed by atoms with Crippen LogP contribution in [0.1, 0.15) is 0 Å². The molecule has 0 bridgehead atoms. The van der Waals surface area contributed by atoms with Gasteiger partial charge in [0, 0.05) is 11.0 Å². The van der Waals surface area contributed by atoms with E-state index in [0.29, 0.717) is 5.75 Å². The van der Waals surface area contributed by atoms with Gasteiger partial charge in [0.15, 0.2) is 0 Å². The number of ether oxygens (including phenoxy) is 1. The number of hydrogen-bond acceptors (Lipinski definition) is 3. The summed E-state index contributed by atoms with van der Waals surface area (Å²) in [7, 11) is 0. The maximum Gasteiger partial charge on any atom is 0.335 e. The van der Waals surface area contributed by atoms with Crippen LogP contribution in [0.5, 0.6) is 5.75 Å². The molecular formula is C9H8O2S. The van der Waals surface area contributed by atoms with Gasteiger partial charge < -0.3 is 4.74 Å². The third kappa shape index (κ3) is 2.43. The predicted molar refractivity (Wildman–Crippen MR) is 49.5 cm³/mol. The molecule has 0 unspecified atom stereocenters. The molecule has 0 spiro atoms. The molecule has 0 saturated heterocycles. The van der Waals surface area contributed by atoms with Gasteiger partial charge in [0.05, 0.1) is 0 Å². The second-order valence-corrected chi connectivity index (χ2v) is 2.64. The van der Waals surface area contributed by atoms with Gasteiger partial charge in [0.2, 0.25) is 0 Å². The molecule has 0 aliphatic rings. The number of rotatable bonds is 2. The van der Waals surface area contributed by atoms with Gasteiger partial charge in [-0.25, -0.2) is 4.79 Å². The number of carbonyl (C=O) groups excluding carboxylic acids is 1. The zero-order valence-electron chi connectivity index (χ0n) is 6.36. The third-order valence-electron chi connectivity index (χ3n) is 1.22. The van der Waals surface area contributed by atoms with Crippen LogP contribution in [0.25, 0.3) is 0 Å². The second-order valence-electron chi connectivity index (χ2n) is 2.12. The van der Waals surface area contributed by atoms with Gasteiger partial charge in [0.1, 0.15) is 5.75 Å². The molecule has 0 radical (unpaired) electrons. The van der Waals surface area contributed by atoms with E-state index in [1.54, 1.807) is 24.3 Å². The van der Waals surface area contributed by atoms with E-state index in [1.165, 1.54) is 0 Å². The highest BCUT2D eigenvalue weighted by atomic mass is 32.1. The lowest BCUT2D eigenvalue weighted by Crippen LogP contribution is -2.02. The van der Waals surface area contributed by atoms with Gasteiger partial charge >= 0.3 is 5.97 Å². The molecule has 0 amide bonds. The quantitative estimate of drug-likeness (QED) is 0.326. The smallest absolute Gasteiger partial charge is 0.335 e. The van der Waals surface area contributed by atoms with Crippen molar-refractivity contribution in [2.45, 2.75) is 4.90 Å². The van der Waals surface area contributed by atoms with Gasteiger partial charge in [-0.05, 0) is 24.3 Å². The number of esters is 1.